The highest BCUT2D eigenvalue weighted by atomic mass is 32.1. The number of unbranched alkanes of at least 4 members (excludes halogenated alkanes) is 1. The van der Waals surface area contributed by atoms with Crippen LogP contribution in [0.15, 0.2) is 24.3 Å². The van der Waals surface area contributed by atoms with Gasteiger partial charge in [-0.1, -0.05) is 38.7 Å². The molecule has 1 aliphatic carbocycles. The molecule has 5 N–H and O–H groups in total. The number of primary amides is 1. The summed E-state index contributed by atoms with van der Waals surface area (Å²) in [5, 5.41) is 3.13. The third kappa shape index (κ3) is 5.62. The summed E-state index contributed by atoms with van der Waals surface area (Å²) in [6, 6.07) is 6.31. The highest BCUT2D eigenvalue weighted by Crippen LogP contribution is 2.31. The molecule has 1 fully saturated rings. The molecule has 10 heteroatoms. The standard InChI is InChI=1S/C23H31N5O4S/c1-3-4-12-17(22(30)26-14-8-5-6-9-14)28(15-10-7-11-16(13-15)32-2)23(31)20-18(24)19(21(25)29)27-33-20/h7,10-11,13-14,17H,3-6,8-9,12,24H2,1-2H3,(H2,25,29)(H,26,30)/t17-/m0/s1. The number of hydrogen-bond acceptors (Lipinski definition) is 7. The number of amides is 3. The van der Waals surface area contributed by atoms with Crippen molar-refractivity contribution in [3.8, 4) is 5.75 Å². The van der Waals surface area contributed by atoms with Crippen LogP contribution in [0.1, 0.15) is 72.0 Å². The Morgan fingerprint density at radius 2 is 2.03 bits per heavy atom. The molecule has 1 aliphatic rings. The average molecular weight is 474 g/mol. The Morgan fingerprint density at radius 3 is 2.64 bits per heavy atom. The topological polar surface area (TPSA) is 141 Å². The van der Waals surface area contributed by atoms with Gasteiger partial charge in [0.25, 0.3) is 11.8 Å². The Bertz CT molecular complexity index is 1000. The molecule has 0 saturated heterocycles. The molecule has 1 heterocycles. The van der Waals surface area contributed by atoms with E-state index in [1.165, 1.54) is 12.0 Å². The molecule has 1 saturated carbocycles. The van der Waals surface area contributed by atoms with Crippen molar-refractivity contribution < 1.29 is 19.1 Å². The maximum atomic E-state index is 13.8. The number of benzene rings is 1. The molecule has 2 aromatic rings. The lowest BCUT2D eigenvalue weighted by molar-refractivity contribution is -0.123. The van der Waals surface area contributed by atoms with Crippen molar-refractivity contribution in [1.29, 1.82) is 0 Å². The van der Waals surface area contributed by atoms with Gasteiger partial charge >= 0.3 is 0 Å². The van der Waals surface area contributed by atoms with Gasteiger partial charge in [-0.2, -0.15) is 4.37 Å². The fourth-order valence-electron chi connectivity index (χ4n) is 4.08. The van der Waals surface area contributed by atoms with Crippen molar-refractivity contribution in [2.75, 3.05) is 17.7 Å². The summed E-state index contributed by atoms with van der Waals surface area (Å²) in [6.07, 6.45) is 6.11. The number of nitrogens with two attached hydrogens (primary N) is 2. The number of carbonyl (C=O) groups is 3. The van der Waals surface area contributed by atoms with E-state index in [1.807, 2.05) is 6.92 Å². The van der Waals surface area contributed by atoms with Crippen LogP contribution in [0.2, 0.25) is 0 Å². The summed E-state index contributed by atoms with van der Waals surface area (Å²) in [7, 11) is 1.53. The Kier molecular flexibility index (Phi) is 8.26. The molecule has 3 amide bonds. The van der Waals surface area contributed by atoms with Gasteiger partial charge in [0.15, 0.2) is 5.69 Å². The Morgan fingerprint density at radius 1 is 1.30 bits per heavy atom. The first-order chi connectivity index (χ1) is 15.9. The number of hydrogen-bond donors (Lipinski definition) is 3. The van der Waals surface area contributed by atoms with Crippen LogP contribution in [0.3, 0.4) is 0 Å². The van der Waals surface area contributed by atoms with E-state index in [-0.39, 0.29) is 28.2 Å². The van der Waals surface area contributed by atoms with Gasteiger partial charge in [-0.05, 0) is 42.9 Å². The number of nitrogens with one attached hydrogen (secondary N) is 1. The lowest BCUT2D eigenvalue weighted by atomic mass is 10.0. The van der Waals surface area contributed by atoms with Crippen molar-refractivity contribution in [3.63, 3.8) is 0 Å². The van der Waals surface area contributed by atoms with Crippen LogP contribution < -0.4 is 26.4 Å². The van der Waals surface area contributed by atoms with Crippen LogP contribution in [-0.4, -0.2) is 41.3 Å². The molecule has 0 radical (unpaired) electrons. The molecule has 0 aliphatic heterocycles. The largest absolute Gasteiger partial charge is 0.497 e. The van der Waals surface area contributed by atoms with E-state index in [9.17, 15) is 14.4 Å². The molecule has 0 unspecified atom stereocenters. The number of nitrogens with zero attached hydrogens (tertiary/aromatic N) is 2. The summed E-state index contributed by atoms with van der Waals surface area (Å²) in [6.45, 7) is 2.03. The predicted molar refractivity (Wildman–Crippen MR) is 129 cm³/mol. The highest BCUT2D eigenvalue weighted by molar-refractivity contribution is 7.09. The first-order valence-corrected chi connectivity index (χ1v) is 12.0. The molecular weight excluding hydrogens is 442 g/mol. The smallest absolute Gasteiger partial charge is 0.272 e. The van der Waals surface area contributed by atoms with Crippen LogP contribution in [0.4, 0.5) is 11.4 Å². The Labute approximate surface area is 197 Å². The molecule has 1 aromatic carbocycles. The van der Waals surface area contributed by atoms with E-state index in [0.717, 1.165) is 50.1 Å². The monoisotopic (exact) mass is 473 g/mol. The van der Waals surface area contributed by atoms with Crippen molar-refractivity contribution in [2.24, 2.45) is 5.73 Å². The fourth-order valence-corrected chi connectivity index (χ4v) is 4.82. The number of methoxy groups -OCH3 is 1. The number of nitrogen functional groups attached to an aromatic ring is 1. The number of aromatic nitrogens is 1. The number of carbonyl (C=O) groups excluding carboxylic acids is 3. The van der Waals surface area contributed by atoms with E-state index in [2.05, 4.69) is 9.69 Å². The van der Waals surface area contributed by atoms with E-state index < -0.39 is 17.9 Å². The first kappa shape index (κ1) is 24.5. The van der Waals surface area contributed by atoms with E-state index in [1.54, 1.807) is 24.3 Å². The fraction of sp³-hybridized carbons (Fsp3) is 0.478. The summed E-state index contributed by atoms with van der Waals surface area (Å²) >= 11 is 0.801. The highest BCUT2D eigenvalue weighted by Gasteiger charge is 2.35. The molecule has 1 atom stereocenters. The summed E-state index contributed by atoms with van der Waals surface area (Å²) in [5.74, 6) is -0.971. The summed E-state index contributed by atoms with van der Waals surface area (Å²) in [4.78, 5) is 40.4. The van der Waals surface area contributed by atoms with E-state index in [0.29, 0.717) is 17.9 Å². The van der Waals surface area contributed by atoms with Crippen LogP contribution in [0.25, 0.3) is 0 Å². The molecule has 0 spiro atoms. The summed E-state index contributed by atoms with van der Waals surface area (Å²) in [5.41, 5.74) is 11.7. The average Bonchev–Trinajstić information content (AvgIpc) is 3.45. The van der Waals surface area contributed by atoms with E-state index in [4.69, 9.17) is 16.2 Å². The van der Waals surface area contributed by atoms with Gasteiger partial charge < -0.3 is 21.5 Å². The normalized spacial score (nSPS) is 14.6. The number of anilines is 2. The maximum Gasteiger partial charge on any atom is 0.272 e. The van der Waals surface area contributed by atoms with Gasteiger partial charge in [-0.15, -0.1) is 0 Å². The van der Waals surface area contributed by atoms with Crippen molar-refractivity contribution in [1.82, 2.24) is 9.69 Å². The SMILES string of the molecule is CCCC[C@@H](C(=O)NC1CCCC1)N(C(=O)c1snc(C(N)=O)c1N)c1cccc(OC)c1. The molecular formula is C23H31N5O4S. The molecule has 0 bridgehead atoms. The van der Waals surface area contributed by atoms with Crippen LogP contribution >= 0.6 is 11.5 Å². The third-order valence-electron chi connectivity index (χ3n) is 5.85. The summed E-state index contributed by atoms with van der Waals surface area (Å²) < 4.78 is 9.31. The predicted octanol–water partition coefficient (Wildman–Crippen LogP) is 3.10. The van der Waals surface area contributed by atoms with Gasteiger partial charge in [0.05, 0.1) is 12.8 Å². The van der Waals surface area contributed by atoms with Crippen molar-refractivity contribution >= 4 is 40.6 Å². The van der Waals surface area contributed by atoms with Crippen molar-refractivity contribution in [2.45, 2.75) is 64.0 Å². The third-order valence-corrected chi connectivity index (χ3v) is 6.70. The second-order valence-corrected chi connectivity index (χ2v) is 8.94. The minimum Gasteiger partial charge on any atom is -0.497 e. The van der Waals surface area contributed by atoms with Gasteiger partial charge in [-0.25, -0.2) is 0 Å². The van der Waals surface area contributed by atoms with Crippen molar-refractivity contribution in [3.05, 3.63) is 34.8 Å². The van der Waals surface area contributed by atoms with Crippen LogP contribution in [0.5, 0.6) is 5.75 Å². The number of ether oxygens (including phenoxy) is 1. The second-order valence-electron chi connectivity index (χ2n) is 8.16. The molecule has 33 heavy (non-hydrogen) atoms. The number of rotatable bonds is 10. The molecule has 1 aromatic heterocycles. The van der Waals surface area contributed by atoms with E-state index >= 15 is 0 Å². The van der Waals surface area contributed by atoms with Gasteiger partial charge in [0, 0.05) is 17.8 Å². The zero-order chi connectivity index (χ0) is 24.0. The lowest BCUT2D eigenvalue weighted by Gasteiger charge is -2.32. The van der Waals surface area contributed by atoms with Crippen LogP contribution in [-0.2, 0) is 4.79 Å². The Hall–Kier alpha value is -3.14. The molecule has 3 rings (SSSR count). The first-order valence-electron chi connectivity index (χ1n) is 11.2. The maximum absolute atomic E-state index is 13.8. The zero-order valence-electron chi connectivity index (χ0n) is 19.0. The van der Waals surface area contributed by atoms with Gasteiger partial charge in [0.2, 0.25) is 5.91 Å². The lowest BCUT2D eigenvalue weighted by Crippen LogP contribution is -2.51. The van der Waals surface area contributed by atoms with Gasteiger partial charge in [-0.3, -0.25) is 19.3 Å². The molecule has 9 nitrogen and oxygen atoms in total. The molecule has 178 valence electrons. The zero-order valence-corrected chi connectivity index (χ0v) is 19.8. The quantitative estimate of drug-likeness (QED) is 0.484. The minimum absolute atomic E-state index is 0.0711. The Balaban J connectivity index is 2.05. The van der Waals surface area contributed by atoms with Crippen LogP contribution in [0, 0.1) is 0 Å². The minimum atomic E-state index is -0.808. The second kappa shape index (κ2) is 11.1. The van der Waals surface area contributed by atoms with Gasteiger partial charge in [0.1, 0.15) is 16.7 Å².